The van der Waals surface area contributed by atoms with Crippen molar-refractivity contribution in [2.75, 3.05) is 5.32 Å². The van der Waals surface area contributed by atoms with Crippen LogP contribution in [0.15, 0.2) is 42.6 Å². The average molecular weight is 270 g/mol. The lowest BCUT2D eigenvalue weighted by molar-refractivity contribution is 0.0697. The van der Waals surface area contributed by atoms with Crippen molar-refractivity contribution in [3.8, 4) is 0 Å². The summed E-state index contributed by atoms with van der Waals surface area (Å²) in [4.78, 5) is 15.1. The van der Waals surface area contributed by atoms with Gasteiger partial charge in [0.25, 0.3) is 0 Å². The molecule has 0 atom stereocenters. The van der Waals surface area contributed by atoms with Crippen LogP contribution in [-0.2, 0) is 5.41 Å². The molecule has 4 heteroatoms. The van der Waals surface area contributed by atoms with Crippen molar-refractivity contribution in [1.82, 2.24) is 4.98 Å². The molecule has 0 amide bonds. The Morgan fingerprint density at radius 1 is 1.20 bits per heavy atom. The number of para-hydroxylation sites is 1. The molecule has 0 saturated carbocycles. The Kier molecular flexibility index (Phi) is 3.74. The number of anilines is 2. The minimum absolute atomic E-state index is 0.00595. The number of nitrogens with zero attached hydrogens (tertiary/aromatic N) is 1. The number of aromatic nitrogens is 1. The Morgan fingerprint density at radius 2 is 1.90 bits per heavy atom. The lowest BCUT2D eigenvalue weighted by Crippen LogP contribution is -2.13. The van der Waals surface area contributed by atoms with Crippen LogP contribution in [-0.4, -0.2) is 16.1 Å². The molecule has 0 bridgehead atoms. The van der Waals surface area contributed by atoms with E-state index in [-0.39, 0.29) is 11.0 Å². The van der Waals surface area contributed by atoms with Gasteiger partial charge in [0.15, 0.2) is 0 Å². The lowest BCUT2D eigenvalue weighted by atomic mass is 9.86. The highest BCUT2D eigenvalue weighted by atomic mass is 16.4. The van der Waals surface area contributed by atoms with Gasteiger partial charge in [-0.15, -0.1) is 0 Å². The van der Waals surface area contributed by atoms with Gasteiger partial charge in [-0.3, -0.25) is 0 Å². The van der Waals surface area contributed by atoms with E-state index >= 15 is 0 Å². The third-order valence-electron chi connectivity index (χ3n) is 3.00. The Morgan fingerprint density at radius 3 is 2.55 bits per heavy atom. The van der Waals surface area contributed by atoms with Gasteiger partial charge in [0, 0.05) is 11.9 Å². The Hall–Kier alpha value is -2.36. The fraction of sp³-hybridized carbons (Fsp3) is 0.250. The molecule has 4 nitrogen and oxygen atoms in total. The summed E-state index contributed by atoms with van der Waals surface area (Å²) in [6.45, 7) is 6.40. The van der Waals surface area contributed by atoms with Gasteiger partial charge >= 0.3 is 5.97 Å². The molecule has 0 aliphatic carbocycles. The summed E-state index contributed by atoms with van der Waals surface area (Å²) in [5.74, 6) is -0.429. The van der Waals surface area contributed by atoms with Crippen LogP contribution in [0.5, 0.6) is 0 Å². The summed E-state index contributed by atoms with van der Waals surface area (Å²) in [6, 6.07) is 11.0. The second-order valence-corrected chi connectivity index (χ2v) is 5.66. The molecule has 0 unspecified atom stereocenters. The number of rotatable bonds is 3. The highest BCUT2D eigenvalue weighted by Crippen LogP contribution is 2.30. The number of pyridine rings is 1. The number of hydrogen-bond donors (Lipinski definition) is 2. The molecule has 0 aliphatic heterocycles. The van der Waals surface area contributed by atoms with E-state index in [4.69, 9.17) is 5.11 Å². The standard InChI is InChI=1S/C16H18N2O2/c1-16(2,3)12-6-4-5-7-13(12)18-14-10-11(15(19)20)8-9-17-14/h4-10H,1-3H3,(H,17,18)(H,19,20). The molecular weight excluding hydrogens is 252 g/mol. The lowest BCUT2D eigenvalue weighted by Gasteiger charge is -2.23. The Labute approximate surface area is 118 Å². The van der Waals surface area contributed by atoms with E-state index in [1.165, 1.54) is 18.3 Å². The first-order chi connectivity index (χ1) is 9.38. The SMILES string of the molecule is CC(C)(C)c1ccccc1Nc1cc(C(=O)O)ccn1. The zero-order valence-corrected chi connectivity index (χ0v) is 11.8. The second kappa shape index (κ2) is 5.33. The number of hydrogen-bond acceptors (Lipinski definition) is 3. The Bertz CT molecular complexity index is 630. The molecule has 2 aromatic rings. The molecule has 1 heterocycles. The van der Waals surface area contributed by atoms with Gasteiger partial charge in [0.05, 0.1) is 5.56 Å². The molecular formula is C16H18N2O2. The van der Waals surface area contributed by atoms with Crippen LogP contribution >= 0.6 is 0 Å². The molecule has 1 aromatic heterocycles. The number of carboxylic acids is 1. The number of aromatic carboxylic acids is 1. The third kappa shape index (κ3) is 3.15. The van der Waals surface area contributed by atoms with Crippen molar-refractivity contribution in [3.63, 3.8) is 0 Å². The Balaban J connectivity index is 2.36. The fourth-order valence-corrected chi connectivity index (χ4v) is 2.02. The molecule has 2 rings (SSSR count). The van der Waals surface area contributed by atoms with Gasteiger partial charge in [-0.25, -0.2) is 9.78 Å². The van der Waals surface area contributed by atoms with E-state index in [0.717, 1.165) is 11.3 Å². The third-order valence-corrected chi connectivity index (χ3v) is 3.00. The van der Waals surface area contributed by atoms with E-state index < -0.39 is 5.97 Å². The quantitative estimate of drug-likeness (QED) is 0.890. The number of carboxylic acid groups (broad SMARTS) is 1. The van der Waals surface area contributed by atoms with Crippen LogP contribution in [0.25, 0.3) is 0 Å². The number of benzene rings is 1. The van der Waals surface area contributed by atoms with Gasteiger partial charge in [0.1, 0.15) is 5.82 Å². The van der Waals surface area contributed by atoms with Crippen molar-refractivity contribution in [1.29, 1.82) is 0 Å². The number of nitrogens with one attached hydrogen (secondary N) is 1. The molecule has 0 aliphatic rings. The monoisotopic (exact) mass is 270 g/mol. The zero-order chi connectivity index (χ0) is 14.8. The molecule has 20 heavy (non-hydrogen) atoms. The van der Waals surface area contributed by atoms with E-state index in [0.29, 0.717) is 5.82 Å². The minimum atomic E-state index is -0.959. The second-order valence-electron chi connectivity index (χ2n) is 5.66. The van der Waals surface area contributed by atoms with E-state index in [1.807, 2.05) is 18.2 Å². The summed E-state index contributed by atoms with van der Waals surface area (Å²) in [5, 5.41) is 12.2. The highest BCUT2D eigenvalue weighted by molar-refractivity contribution is 5.88. The normalized spacial score (nSPS) is 11.2. The van der Waals surface area contributed by atoms with Crippen LogP contribution in [0, 0.1) is 0 Å². The van der Waals surface area contributed by atoms with Crippen LogP contribution < -0.4 is 5.32 Å². The number of carbonyl (C=O) groups is 1. The van der Waals surface area contributed by atoms with E-state index in [1.54, 1.807) is 0 Å². The largest absolute Gasteiger partial charge is 0.478 e. The van der Waals surface area contributed by atoms with Gasteiger partial charge in [-0.1, -0.05) is 39.0 Å². The maximum absolute atomic E-state index is 11.0. The summed E-state index contributed by atoms with van der Waals surface area (Å²) < 4.78 is 0. The zero-order valence-electron chi connectivity index (χ0n) is 11.8. The summed E-state index contributed by atoms with van der Waals surface area (Å²) in [5.41, 5.74) is 2.31. The van der Waals surface area contributed by atoms with Gasteiger partial charge in [-0.05, 0) is 29.2 Å². The highest BCUT2D eigenvalue weighted by Gasteiger charge is 2.17. The van der Waals surface area contributed by atoms with Gasteiger partial charge in [0.2, 0.25) is 0 Å². The first kappa shape index (κ1) is 14.1. The molecule has 2 N–H and O–H groups in total. The summed E-state index contributed by atoms with van der Waals surface area (Å²) >= 11 is 0. The van der Waals surface area contributed by atoms with Crippen LogP contribution in [0.1, 0.15) is 36.7 Å². The molecule has 104 valence electrons. The van der Waals surface area contributed by atoms with Crippen molar-refractivity contribution in [2.24, 2.45) is 0 Å². The van der Waals surface area contributed by atoms with E-state index in [9.17, 15) is 4.79 Å². The first-order valence-corrected chi connectivity index (χ1v) is 6.44. The average Bonchev–Trinajstić information content (AvgIpc) is 2.38. The van der Waals surface area contributed by atoms with Gasteiger partial charge in [-0.2, -0.15) is 0 Å². The predicted octanol–water partition coefficient (Wildman–Crippen LogP) is 3.82. The first-order valence-electron chi connectivity index (χ1n) is 6.44. The van der Waals surface area contributed by atoms with Gasteiger partial charge < -0.3 is 10.4 Å². The van der Waals surface area contributed by atoms with Crippen molar-refractivity contribution >= 4 is 17.5 Å². The van der Waals surface area contributed by atoms with Crippen molar-refractivity contribution < 1.29 is 9.90 Å². The smallest absolute Gasteiger partial charge is 0.335 e. The van der Waals surface area contributed by atoms with E-state index in [2.05, 4.69) is 37.1 Å². The topological polar surface area (TPSA) is 62.2 Å². The summed E-state index contributed by atoms with van der Waals surface area (Å²) in [6.07, 6.45) is 1.49. The fourth-order valence-electron chi connectivity index (χ4n) is 2.02. The van der Waals surface area contributed by atoms with Crippen LogP contribution in [0.4, 0.5) is 11.5 Å². The van der Waals surface area contributed by atoms with Crippen LogP contribution in [0.2, 0.25) is 0 Å². The van der Waals surface area contributed by atoms with Crippen molar-refractivity contribution in [2.45, 2.75) is 26.2 Å². The molecule has 0 radical (unpaired) electrons. The minimum Gasteiger partial charge on any atom is -0.478 e. The molecule has 0 saturated heterocycles. The van der Waals surface area contributed by atoms with Crippen molar-refractivity contribution in [3.05, 3.63) is 53.7 Å². The molecule has 1 aromatic carbocycles. The predicted molar refractivity (Wildman–Crippen MR) is 79.6 cm³/mol. The molecule has 0 spiro atoms. The molecule has 0 fully saturated rings. The van der Waals surface area contributed by atoms with Crippen LogP contribution in [0.3, 0.4) is 0 Å². The maximum atomic E-state index is 11.0. The summed E-state index contributed by atoms with van der Waals surface area (Å²) in [7, 11) is 0. The maximum Gasteiger partial charge on any atom is 0.335 e.